The van der Waals surface area contributed by atoms with Crippen molar-refractivity contribution < 1.29 is 4.58 Å². The molecular weight excluding hydrogens is 168 g/mol. The zero-order valence-electron chi connectivity index (χ0n) is 8.92. The van der Waals surface area contributed by atoms with Crippen molar-refractivity contribution in [3.8, 4) is 0 Å². The molecule has 0 aliphatic heterocycles. The maximum atomic E-state index is 2.38. The van der Waals surface area contributed by atoms with Crippen LogP contribution in [0.25, 0.3) is 0 Å². The van der Waals surface area contributed by atoms with Gasteiger partial charge in [0, 0.05) is 5.75 Å². The van der Waals surface area contributed by atoms with Gasteiger partial charge in [-0.1, -0.05) is 6.92 Å². The topological polar surface area (TPSA) is 6.25 Å². The van der Waals surface area contributed by atoms with E-state index in [1.807, 2.05) is 11.8 Å². The SMILES string of the molecule is CCSC(N(CC)CC)=[N+](C)C. The third kappa shape index (κ3) is 3.48. The highest BCUT2D eigenvalue weighted by Crippen LogP contribution is 2.07. The fourth-order valence-corrected chi connectivity index (χ4v) is 2.08. The van der Waals surface area contributed by atoms with Crippen molar-refractivity contribution >= 4 is 16.9 Å². The molecule has 0 aliphatic rings. The molecule has 0 aromatic carbocycles. The minimum Gasteiger partial charge on any atom is -0.262 e. The highest BCUT2D eigenvalue weighted by Gasteiger charge is 2.15. The lowest BCUT2D eigenvalue weighted by Crippen LogP contribution is -2.33. The van der Waals surface area contributed by atoms with E-state index in [1.54, 1.807) is 0 Å². The summed E-state index contributed by atoms with van der Waals surface area (Å²) in [6.45, 7) is 8.78. The van der Waals surface area contributed by atoms with Gasteiger partial charge in [-0.3, -0.25) is 9.48 Å². The van der Waals surface area contributed by atoms with Crippen LogP contribution < -0.4 is 0 Å². The molecule has 0 unspecified atom stereocenters. The minimum absolute atomic E-state index is 1.09. The normalized spacial score (nSPS) is 9.75. The van der Waals surface area contributed by atoms with E-state index in [0.717, 1.165) is 18.8 Å². The van der Waals surface area contributed by atoms with E-state index in [9.17, 15) is 0 Å². The molecule has 0 atom stereocenters. The molecule has 0 radical (unpaired) electrons. The first kappa shape index (κ1) is 11.8. The number of rotatable bonds is 3. The van der Waals surface area contributed by atoms with E-state index in [2.05, 4.69) is 44.3 Å². The summed E-state index contributed by atoms with van der Waals surface area (Å²) in [5.74, 6) is 1.14. The fraction of sp³-hybridized carbons (Fsp3) is 0.889. The first-order valence-corrected chi connectivity index (χ1v) is 5.57. The van der Waals surface area contributed by atoms with E-state index in [-0.39, 0.29) is 0 Å². The number of thioether (sulfide) groups is 1. The van der Waals surface area contributed by atoms with Gasteiger partial charge < -0.3 is 0 Å². The van der Waals surface area contributed by atoms with Crippen molar-refractivity contribution in [2.24, 2.45) is 0 Å². The molecule has 0 bridgehead atoms. The molecule has 0 heterocycles. The highest BCUT2D eigenvalue weighted by molar-refractivity contribution is 8.13. The second-order valence-corrected chi connectivity index (χ2v) is 4.01. The standard InChI is InChI=1S/C9H21N2S/c1-6-11(7-2)9(10(4)5)12-8-3/h6-8H2,1-5H3/q+1. The Balaban J connectivity index is 4.38. The van der Waals surface area contributed by atoms with Crippen LogP contribution >= 0.6 is 11.8 Å². The molecule has 0 aromatic rings. The summed E-state index contributed by atoms with van der Waals surface area (Å²) in [7, 11) is 4.21. The van der Waals surface area contributed by atoms with Gasteiger partial charge in [0.2, 0.25) is 0 Å². The lowest BCUT2D eigenvalue weighted by atomic mass is 10.6. The first-order chi connectivity index (χ1) is 5.67. The Bertz CT molecular complexity index is 147. The molecule has 0 N–H and O–H groups in total. The van der Waals surface area contributed by atoms with Crippen molar-refractivity contribution in [2.75, 3.05) is 32.9 Å². The van der Waals surface area contributed by atoms with Crippen LogP contribution in [-0.2, 0) is 0 Å². The molecular formula is C9H21N2S+. The van der Waals surface area contributed by atoms with Gasteiger partial charge in [0.25, 0.3) is 0 Å². The lowest BCUT2D eigenvalue weighted by molar-refractivity contribution is -0.466. The molecule has 0 fully saturated rings. The third-order valence-corrected chi connectivity index (χ3v) is 2.86. The summed E-state index contributed by atoms with van der Waals surface area (Å²) in [6, 6.07) is 0. The summed E-state index contributed by atoms with van der Waals surface area (Å²) in [5.41, 5.74) is 0. The Kier molecular flexibility index (Phi) is 6.25. The Labute approximate surface area is 80.6 Å². The van der Waals surface area contributed by atoms with Gasteiger partial charge in [0.15, 0.2) is 0 Å². The zero-order chi connectivity index (χ0) is 9.56. The zero-order valence-corrected chi connectivity index (χ0v) is 9.74. The average Bonchev–Trinajstić information content (AvgIpc) is 2.05. The van der Waals surface area contributed by atoms with Crippen molar-refractivity contribution in [3.63, 3.8) is 0 Å². The highest BCUT2D eigenvalue weighted by atomic mass is 32.2. The van der Waals surface area contributed by atoms with Crippen molar-refractivity contribution in [1.82, 2.24) is 4.90 Å². The van der Waals surface area contributed by atoms with Crippen molar-refractivity contribution in [1.29, 1.82) is 0 Å². The molecule has 3 heteroatoms. The molecule has 72 valence electrons. The van der Waals surface area contributed by atoms with Gasteiger partial charge in [-0.2, -0.15) is 0 Å². The molecule has 0 saturated heterocycles. The number of hydrogen-bond donors (Lipinski definition) is 0. The van der Waals surface area contributed by atoms with Gasteiger partial charge in [-0.15, -0.1) is 0 Å². The van der Waals surface area contributed by atoms with Crippen LogP contribution in [0.3, 0.4) is 0 Å². The van der Waals surface area contributed by atoms with Gasteiger partial charge in [0.05, 0.1) is 27.2 Å². The van der Waals surface area contributed by atoms with E-state index in [0.29, 0.717) is 0 Å². The molecule has 0 saturated carbocycles. The largest absolute Gasteiger partial charge is 0.307 e. The van der Waals surface area contributed by atoms with Gasteiger partial charge in [-0.25, -0.2) is 0 Å². The molecule has 12 heavy (non-hydrogen) atoms. The quantitative estimate of drug-likeness (QED) is 0.379. The number of amidine groups is 1. The summed E-state index contributed by atoms with van der Waals surface area (Å²) in [6.07, 6.45) is 0. The van der Waals surface area contributed by atoms with Gasteiger partial charge in [0.1, 0.15) is 0 Å². The first-order valence-electron chi connectivity index (χ1n) is 4.59. The van der Waals surface area contributed by atoms with E-state index in [4.69, 9.17) is 0 Å². The lowest BCUT2D eigenvalue weighted by Gasteiger charge is -2.15. The van der Waals surface area contributed by atoms with Crippen LogP contribution in [0.15, 0.2) is 0 Å². The summed E-state index contributed by atoms with van der Waals surface area (Å²) in [5, 5.41) is 1.38. The van der Waals surface area contributed by atoms with Gasteiger partial charge in [-0.05, 0) is 25.6 Å². The molecule has 0 aliphatic carbocycles. The van der Waals surface area contributed by atoms with E-state index in [1.165, 1.54) is 5.17 Å². The maximum Gasteiger partial charge on any atom is 0.307 e. The number of hydrogen-bond acceptors (Lipinski definition) is 1. The molecule has 2 nitrogen and oxygen atoms in total. The van der Waals surface area contributed by atoms with E-state index < -0.39 is 0 Å². The van der Waals surface area contributed by atoms with Crippen molar-refractivity contribution in [2.45, 2.75) is 20.8 Å². The third-order valence-electron chi connectivity index (χ3n) is 1.69. The Morgan fingerprint density at radius 1 is 1.17 bits per heavy atom. The van der Waals surface area contributed by atoms with Crippen LogP contribution in [0.5, 0.6) is 0 Å². The second kappa shape index (κ2) is 6.35. The van der Waals surface area contributed by atoms with Crippen LogP contribution in [-0.4, -0.2) is 47.6 Å². The average molecular weight is 189 g/mol. The molecule has 0 rings (SSSR count). The van der Waals surface area contributed by atoms with Crippen LogP contribution in [0.1, 0.15) is 20.8 Å². The Morgan fingerprint density at radius 2 is 1.67 bits per heavy atom. The van der Waals surface area contributed by atoms with Crippen molar-refractivity contribution in [3.05, 3.63) is 0 Å². The predicted molar refractivity (Wildman–Crippen MR) is 58.2 cm³/mol. The van der Waals surface area contributed by atoms with Crippen LogP contribution in [0.2, 0.25) is 0 Å². The summed E-state index contributed by atoms with van der Waals surface area (Å²) >= 11 is 1.91. The maximum absolute atomic E-state index is 2.38. The summed E-state index contributed by atoms with van der Waals surface area (Å²) in [4.78, 5) is 2.38. The molecule has 0 aromatic heterocycles. The predicted octanol–water partition coefficient (Wildman–Crippen LogP) is 1.71. The smallest absolute Gasteiger partial charge is 0.262 e. The number of nitrogens with zero attached hydrogens (tertiary/aromatic N) is 2. The summed E-state index contributed by atoms with van der Waals surface area (Å²) < 4.78 is 2.20. The Hall–Kier alpha value is -0.180. The second-order valence-electron chi connectivity index (χ2n) is 2.78. The monoisotopic (exact) mass is 189 g/mol. The minimum atomic E-state index is 1.09. The molecule has 0 amide bonds. The fourth-order valence-electron chi connectivity index (χ4n) is 1.13. The van der Waals surface area contributed by atoms with E-state index >= 15 is 0 Å². The Morgan fingerprint density at radius 3 is 1.92 bits per heavy atom. The molecule has 0 spiro atoms. The van der Waals surface area contributed by atoms with Gasteiger partial charge >= 0.3 is 5.17 Å². The van der Waals surface area contributed by atoms with Crippen LogP contribution in [0, 0.1) is 0 Å². The van der Waals surface area contributed by atoms with Crippen LogP contribution in [0.4, 0.5) is 0 Å².